The molecule has 0 atom stereocenters. The molecule has 0 saturated carbocycles. The second-order valence-electron chi connectivity index (χ2n) is 4.66. The van der Waals surface area contributed by atoms with Crippen LogP contribution in [0.15, 0.2) is 12.1 Å². The van der Waals surface area contributed by atoms with Gasteiger partial charge in [0.05, 0.1) is 15.6 Å². The first-order valence-electron chi connectivity index (χ1n) is 6.19. The maximum absolute atomic E-state index is 12.4. The smallest absolute Gasteiger partial charge is 0.255 e. The van der Waals surface area contributed by atoms with Gasteiger partial charge in [-0.3, -0.25) is 9.59 Å². The maximum atomic E-state index is 12.4. The highest BCUT2D eigenvalue weighted by Gasteiger charge is 2.25. The molecule has 1 aliphatic rings. The lowest BCUT2D eigenvalue weighted by molar-refractivity contribution is -0.130. The highest BCUT2D eigenvalue weighted by atomic mass is 35.5. The van der Waals surface area contributed by atoms with E-state index in [2.05, 4.69) is 0 Å². The number of nitrogens with zero attached hydrogens (tertiary/aromatic N) is 2. The van der Waals surface area contributed by atoms with Crippen molar-refractivity contribution in [2.45, 2.75) is 6.92 Å². The lowest BCUT2D eigenvalue weighted by atomic mass is 10.1. The van der Waals surface area contributed by atoms with E-state index in [0.717, 1.165) is 0 Å². The number of amides is 2. The van der Waals surface area contributed by atoms with Crippen LogP contribution in [-0.4, -0.2) is 47.8 Å². The minimum Gasteiger partial charge on any atom is -0.399 e. The number of nitrogens with two attached hydrogens (primary N) is 1. The van der Waals surface area contributed by atoms with Gasteiger partial charge in [0.2, 0.25) is 5.91 Å². The summed E-state index contributed by atoms with van der Waals surface area (Å²) in [7, 11) is 0. The first kappa shape index (κ1) is 14.9. The topological polar surface area (TPSA) is 66.6 Å². The van der Waals surface area contributed by atoms with Gasteiger partial charge in [-0.15, -0.1) is 0 Å². The Morgan fingerprint density at radius 3 is 2.20 bits per heavy atom. The van der Waals surface area contributed by atoms with E-state index < -0.39 is 0 Å². The summed E-state index contributed by atoms with van der Waals surface area (Å²) in [5.41, 5.74) is 6.38. The Bertz CT molecular complexity index is 555. The Balaban J connectivity index is 2.15. The van der Waals surface area contributed by atoms with Crippen molar-refractivity contribution in [3.05, 3.63) is 27.7 Å². The van der Waals surface area contributed by atoms with Gasteiger partial charge >= 0.3 is 0 Å². The molecule has 108 valence electrons. The predicted molar refractivity (Wildman–Crippen MR) is 79.0 cm³/mol. The second-order valence-corrected chi connectivity index (χ2v) is 5.45. The van der Waals surface area contributed by atoms with Crippen LogP contribution in [0.1, 0.15) is 17.3 Å². The fraction of sp³-hybridized carbons (Fsp3) is 0.385. The molecule has 0 spiro atoms. The summed E-state index contributed by atoms with van der Waals surface area (Å²) in [5.74, 6) is -0.200. The van der Waals surface area contributed by atoms with E-state index in [-0.39, 0.29) is 21.9 Å². The van der Waals surface area contributed by atoms with E-state index in [1.54, 1.807) is 9.80 Å². The van der Waals surface area contributed by atoms with Crippen LogP contribution in [0, 0.1) is 0 Å². The number of carbonyl (C=O) groups excluding carboxylic acids is 2. The van der Waals surface area contributed by atoms with Crippen LogP contribution in [0.3, 0.4) is 0 Å². The molecule has 0 radical (unpaired) electrons. The highest BCUT2D eigenvalue weighted by Crippen LogP contribution is 2.29. The summed E-state index contributed by atoms with van der Waals surface area (Å²) in [6.45, 7) is 3.51. The molecule has 2 amide bonds. The Morgan fingerprint density at radius 2 is 1.65 bits per heavy atom. The first-order valence-corrected chi connectivity index (χ1v) is 6.95. The number of anilines is 1. The molecule has 1 fully saturated rings. The molecule has 2 rings (SSSR count). The fourth-order valence-electron chi connectivity index (χ4n) is 2.16. The van der Waals surface area contributed by atoms with Gasteiger partial charge in [0.1, 0.15) is 0 Å². The molecule has 1 aromatic rings. The summed E-state index contributed by atoms with van der Waals surface area (Å²) < 4.78 is 0. The van der Waals surface area contributed by atoms with Gasteiger partial charge < -0.3 is 15.5 Å². The van der Waals surface area contributed by atoms with Gasteiger partial charge in [-0.2, -0.15) is 0 Å². The molecule has 0 aliphatic carbocycles. The van der Waals surface area contributed by atoms with Crippen molar-refractivity contribution in [2.24, 2.45) is 0 Å². The molecule has 0 unspecified atom stereocenters. The fourth-order valence-corrected chi connectivity index (χ4v) is 2.58. The standard InChI is InChI=1S/C13H15Cl2N3O2/c1-8(19)17-2-4-18(5-3-17)13(20)10-6-9(16)7-11(14)12(10)15/h6-7H,2-5,16H2,1H3. The predicted octanol–water partition coefficient (Wildman–Crippen LogP) is 1.88. The number of nitrogen functional groups attached to an aromatic ring is 1. The summed E-state index contributed by atoms with van der Waals surface area (Å²) in [4.78, 5) is 27.0. The lowest BCUT2D eigenvalue weighted by Crippen LogP contribution is -2.50. The molecular formula is C13H15Cl2N3O2. The number of halogens is 2. The van der Waals surface area contributed by atoms with Crippen molar-refractivity contribution < 1.29 is 9.59 Å². The minimum absolute atomic E-state index is 0.0159. The second kappa shape index (κ2) is 5.89. The van der Waals surface area contributed by atoms with E-state index >= 15 is 0 Å². The summed E-state index contributed by atoms with van der Waals surface area (Å²) in [6.07, 6.45) is 0. The zero-order chi connectivity index (χ0) is 14.9. The first-order chi connectivity index (χ1) is 9.40. The number of piperazine rings is 1. The summed E-state index contributed by atoms with van der Waals surface area (Å²) in [5, 5.41) is 0.470. The van der Waals surface area contributed by atoms with E-state index in [0.29, 0.717) is 37.4 Å². The van der Waals surface area contributed by atoms with Gasteiger partial charge in [0.15, 0.2) is 0 Å². The number of carbonyl (C=O) groups is 2. The molecular weight excluding hydrogens is 301 g/mol. The van der Waals surface area contributed by atoms with Crippen molar-refractivity contribution in [3.63, 3.8) is 0 Å². The van der Waals surface area contributed by atoms with Crippen molar-refractivity contribution in [2.75, 3.05) is 31.9 Å². The summed E-state index contributed by atoms with van der Waals surface area (Å²) in [6, 6.07) is 3.03. The van der Waals surface area contributed by atoms with Crippen LogP contribution in [0.2, 0.25) is 10.0 Å². The minimum atomic E-state index is -0.215. The average molecular weight is 316 g/mol. The van der Waals surface area contributed by atoms with Gasteiger partial charge in [-0.1, -0.05) is 23.2 Å². The number of hydrogen-bond acceptors (Lipinski definition) is 3. The van der Waals surface area contributed by atoms with Crippen molar-refractivity contribution in [3.8, 4) is 0 Å². The highest BCUT2D eigenvalue weighted by molar-refractivity contribution is 6.44. The molecule has 1 heterocycles. The van der Waals surface area contributed by atoms with E-state index in [9.17, 15) is 9.59 Å². The van der Waals surface area contributed by atoms with E-state index in [1.165, 1.54) is 19.1 Å². The van der Waals surface area contributed by atoms with Crippen LogP contribution >= 0.6 is 23.2 Å². The Hall–Kier alpha value is -1.46. The molecule has 0 aromatic heterocycles. The van der Waals surface area contributed by atoms with Crippen molar-refractivity contribution in [1.29, 1.82) is 0 Å². The molecule has 1 saturated heterocycles. The van der Waals surface area contributed by atoms with Crippen LogP contribution in [0.4, 0.5) is 5.69 Å². The summed E-state index contributed by atoms with van der Waals surface area (Å²) >= 11 is 12.0. The van der Waals surface area contributed by atoms with Crippen molar-refractivity contribution >= 4 is 40.7 Å². The van der Waals surface area contributed by atoms with Gasteiger partial charge in [-0.25, -0.2) is 0 Å². The monoisotopic (exact) mass is 315 g/mol. The van der Waals surface area contributed by atoms with Crippen LogP contribution in [0.25, 0.3) is 0 Å². The maximum Gasteiger partial charge on any atom is 0.255 e. The Morgan fingerprint density at radius 1 is 1.10 bits per heavy atom. The average Bonchev–Trinajstić information content (AvgIpc) is 2.42. The third-order valence-electron chi connectivity index (χ3n) is 3.29. The van der Waals surface area contributed by atoms with E-state index in [1.807, 2.05) is 0 Å². The number of benzene rings is 1. The van der Waals surface area contributed by atoms with Crippen LogP contribution < -0.4 is 5.73 Å². The molecule has 2 N–H and O–H groups in total. The Kier molecular flexibility index (Phi) is 4.40. The zero-order valence-corrected chi connectivity index (χ0v) is 12.5. The van der Waals surface area contributed by atoms with Gasteiger partial charge in [-0.05, 0) is 12.1 Å². The number of hydrogen-bond donors (Lipinski definition) is 1. The molecule has 20 heavy (non-hydrogen) atoms. The van der Waals surface area contributed by atoms with Gasteiger partial charge in [0.25, 0.3) is 5.91 Å². The third kappa shape index (κ3) is 2.99. The normalized spacial score (nSPS) is 15.3. The quantitative estimate of drug-likeness (QED) is 0.805. The molecule has 5 nitrogen and oxygen atoms in total. The molecule has 7 heteroatoms. The van der Waals surface area contributed by atoms with Crippen LogP contribution in [0.5, 0.6) is 0 Å². The lowest BCUT2D eigenvalue weighted by Gasteiger charge is -2.34. The largest absolute Gasteiger partial charge is 0.399 e. The van der Waals surface area contributed by atoms with Gasteiger partial charge in [0, 0.05) is 38.8 Å². The van der Waals surface area contributed by atoms with E-state index in [4.69, 9.17) is 28.9 Å². The molecule has 1 aromatic carbocycles. The third-order valence-corrected chi connectivity index (χ3v) is 4.10. The Labute approximate surface area is 127 Å². The van der Waals surface area contributed by atoms with Crippen LogP contribution in [-0.2, 0) is 4.79 Å². The SMILES string of the molecule is CC(=O)N1CCN(C(=O)c2cc(N)cc(Cl)c2Cl)CC1. The molecule has 0 bridgehead atoms. The molecule has 1 aliphatic heterocycles. The zero-order valence-electron chi connectivity index (χ0n) is 11.0. The van der Waals surface area contributed by atoms with Crippen molar-refractivity contribution in [1.82, 2.24) is 9.80 Å². The number of rotatable bonds is 1.